The second-order valence-corrected chi connectivity index (χ2v) is 14.1. The number of allylic oxidation sites excluding steroid dienone is 1. The van der Waals surface area contributed by atoms with E-state index >= 15 is 0 Å². The Hall–Kier alpha value is -2.91. The topological polar surface area (TPSA) is 126 Å². The first-order valence-electron chi connectivity index (χ1n) is 17.1. The van der Waals surface area contributed by atoms with Crippen molar-refractivity contribution in [2.45, 2.75) is 92.5 Å². The predicted octanol–water partition coefficient (Wildman–Crippen LogP) is 4.49. The smallest absolute Gasteiger partial charge is 0.334 e. The minimum Gasteiger partial charge on any atom is -0.466 e. The van der Waals surface area contributed by atoms with Crippen LogP contribution in [-0.4, -0.2) is 74.2 Å². The van der Waals surface area contributed by atoms with E-state index in [2.05, 4.69) is 13.8 Å². The molecular weight excluding hydrogens is 578 g/mol. The standard InChI is InChI=1S/C35H51NO9/c1-8-42-30(38)25-20-18-22-19-12-13-23-34(5,17-15-24(37)36(23)7)21(19)14-16-35(22,6)29(20)28(33(41)45-11-4)27(32(40)44-10-3)26(25)31(39)43-9-2/h19-23,25-27H,8-18H2,1-7H3/t19-,20+,21+,22+,23-,25+,26-,27+,34-,35+/m1/s1. The second kappa shape index (κ2) is 12.7. The number of hydrogen-bond acceptors (Lipinski definition) is 9. The molecule has 5 aliphatic rings. The summed E-state index contributed by atoms with van der Waals surface area (Å²) in [6.07, 6.45) is 5.51. The molecule has 0 bridgehead atoms. The van der Waals surface area contributed by atoms with Crippen LogP contribution in [0, 0.1) is 52.3 Å². The zero-order valence-electron chi connectivity index (χ0n) is 28.0. The van der Waals surface area contributed by atoms with Crippen molar-refractivity contribution < 1.29 is 42.9 Å². The number of piperidine rings is 1. The van der Waals surface area contributed by atoms with E-state index in [1.54, 1.807) is 27.7 Å². The van der Waals surface area contributed by atoms with Gasteiger partial charge in [-0.2, -0.15) is 0 Å². The molecule has 10 heteroatoms. The van der Waals surface area contributed by atoms with Crippen LogP contribution >= 0.6 is 0 Å². The predicted molar refractivity (Wildman–Crippen MR) is 163 cm³/mol. The molecule has 4 aliphatic carbocycles. The maximum absolute atomic E-state index is 14.0. The van der Waals surface area contributed by atoms with E-state index in [9.17, 15) is 24.0 Å². The molecule has 10 atom stereocenters. The van der Waals surface area contributed by atoms with Gasteiger partial charge < -0.3 is 23.8 Å². The van der Waals surface area contributed by atoms with Gasteiger partial charge in [0.25, 0.3) is 0 Å². The van der Waals surface area contributed by atoms with E-state index in [0.717, 1.165) is 37.7 Å². The van der Waals surface area contributed by atoms with Crippen molar-refractivity contribution >= 4 is 29.8 Å². The minimum absolute atomic E-state index is 0.0273. The maximum Gasteiger partial charge on any atom is 0.334 e. The highest BCUT2D eigenvalue weighted by Crippen LogP contribution is 2.70. The van der Waals surface area contributed by atoms with Gasteiger partial charge in [0.2, 0.25) is 5.91 Å². The van der Waals surface area contributed by atoms with Gasteiger partial charge in [-0.1, -0.05) is 13.8 Å². The summed E-state index contributed by atoms with van der Waals surface area (Å²) in [5, 5.41) is 0. The molecule has 0 aromatic rings. The minimum atomic E-state index is -1.34. The number of rotatable bonds is 8. The number of ether oxygens (including phenoxy) is 4. The highest BCUT2D eigenvalue weighted by molar-refractivity contribution is 6.01. The quantitative estimate of drug-likeness (QED) is 0.282. The highest BCUT2D eigenvalue weighted by atomic mass is 16.6. The van der Waals surface area contributed by atoms with Crippen molar-refractivity contribution in [3.8, 4) is 0 Å². The number of hydrogen-bond donors (Lipinski definition) is 0. The average molecular weight is 630 g/mol. The Morgan fingerprint density at radius 2 is 1.38 bits per heavy atom. The van der Waals surface area contributed by atoms with Crippen molar-refractivity contribution in [1.82, 2.24) is 4.90 Å². The molecular formula is C35H51NO9. The molecule has 0 spiro atoms. The maximum atomic E-state index is 14.0. The Bertz CT molecular complexity index is 1260. The van der Waals surface area contributed by atoms with Crippen molar-refractivity contribution in [3.05, 3.63) is 11.1 Å². The number of esters is 4. The second-order valence-electron chi connectivity index (χ2n) is 14.1. The molecule has 250 valence electrons. The molecule has 45 heavy (non-hydrogen) atoms. The van der Waals surface area contributed by atoms with Gasteiger partial charge >= 0.3 is 23.9 Å². The van der Waals surface area contributed by atoms with Gasteiger partial charge in [0.05, 0.1) is 43.8 Å². The Balaban J connectivity index is 1.69. The summed E-state index contributed by atoms with van der Waals surface area (Å²) in [5.41, 5.74) is 0.415. The van der Waals surface area contributed by atoms with Crippen LogP contribution in [-0.2, 0) is 42.9 Å². The third-order valence-corrected chi connectivity index (χ3v) is 12.4. The van der Waals surface area contributed by atoms with Crippen LogP contribution in [0.2, 0.25) is 0 Å². The lowest BCUT2D eigenvalue weighted by Gasteiger charge is -2.61. The summed E-state index contributed by atoms with van der Waals surface area (Å²) in [5.74, 6) is -5.75. The molecule has 0 aromatic heterocycles. The molecule has 10 nitrogen and oxygen atoms in total. The Kier molecular flexibility index (Phi) is 9.45. The van der Waals surface area contributed by atoms with Crippen LogP contribution in [0.5, 0.6) is 0 Å². The van der Waals surface area contributed by atoms with Crippen LogP contribution in [0.25, 0.3) is 0 Å². The highest BCUT2D eigenvalue weighted by Gasteiger charge is 2.67. The molecule has 1 amide bonds. The molecule has 5 rings (SSSR count). The SMILES string of the molecule is CCOC(=O)C1=C2[C@@H](C[C@H]3[C@@H]4CC[C@H]5N(C)C(=O)CC[C@]5(C)[C@H]4CC[C@]23C)[C@H](C(=O)OCC)[C@@H](C(=O)OCC)[C@@H]1C(=O)OCC. The Morgan fingerprint density at radius 1 is 0.778 bits per heavy atom. The molecule has 3 saturated carbocycles. The van der Waals surface area contributed by atoms with Gasteiger partial charge in [0, 0.05) is 19.5 Å². The van der Waals surface area contributed by atoms with Gasteiger partial charge in [-0.05, 0) is 106 Å². The van der Waals surface area contributed by atoms with Crippen LogP contribution in [0.1, 0.15) is 86.5 Å². The molecule has 1 heterocycles. The van der Waals surface area contributed by atoms with E-state index in [-0.39, 0.29) is 55.3 Å². The zero-order valence-corrected chi connectivity index (χ0v) is 28.0. The molecule has 0 radical (unpaired) electrons. The first kappa shape index (κ1) is 33.5. The largest absolute Gasteiger partial charge is 0.466 e. The van der Waals surface area contributed by atoms with Gasteiger partial charge in [0.15, 0.2) is 0 Å². The van der Waals surface area contributed by atoms with Crippen LogP contribution < -0.4 is 0 Å². The van der Waals surface area contributed by atoms with Crippen LogP contribution in [0.15, 0.2) is 11.1 Å². The van der Waals surface area contributed by atoms with Gasteiger partial charge in [0.1, 0.15) is 5.92 Å². The lowest BCUT2D eigenvalue weighted by molar-refractivity contribution is -0.171. The van der Waals surface area contributed by atoms with E-state index < -0.39 is 53.0 Å². The summed E-state index contributed by atoms with van der Waals surface area (Å²) in [6.45, 7) is 11.6. The lowest BCUT2D eigenvalue weighted by Crippen LogP contribution is -2.61. The summed E-state index contributed by atoms with van der Waals surface area (Å²) < 4.78 is 22.2. The summed E-state index contributed by atoms with van der Waals surface area (Å²) in [6, 6.07) is 0.191. The van der Waals surface area contributed by atoms with E-state index in [1.165, 1.54) is 0 Å². The van der Waals surface area contributed by atoms with Gasteiger partial charge in [-0.15, -0.1) is 0 Å². The van der Waals surface area contributed by atoms with Gasteiger partial charge in [-0.3, -0.25) is 19.2 Å². The summed E-state index contributed by atoms with van der Waals surface area (Å²) >= 11 is 0. The average Bonchev–Trinajstić information content (AvgIpc) is 3.31. The van der Waals surface area contributed by atoms with Crippen LogP contribution in [0.3, 0.4) is 0 Å². The number of carbonyl (C=O) groups excluding carboxylic acids is 5. The monoisotopic (exact) mass is 629 g/mol. The van der Waals surface area contributed by atoms with E-state index in [1.807, 2.05) is 11.9 Å². The summed E-state index contributed by atoms with van der Waals surface area (Å²) in [4.78, 5) is 70.2. The van der Waals surface area contributed by atoms with Crippen molar-refractivity contribution in [2.75, 3.05) is 33.5 Å². The fourth-order valence-corrected chi connectivity index (χ4v) is 10.7. The van der Waals surface area contributed by atoms with E-state index in [0.29, 0.717) is 24.7 Å². The molecule has 0 N–H and O–H groups in total. The molecule has 0 unspecified atom stereocenters. The van der Waals surface area contributed by atoms with E-state index in [4.69, 9.17) is 18.9 Å². The third-order valence-electron chi connectivity index (χ3n) is 12.4. The number of likely N-dealkylation sites (tertiary alicyclic amines) is 1. The zero-order chi connectivity index (χ0) is 32.8. The van der Waals surface area contributed by atoms with Crippen molar-refractivity contribution in [2.24, 2.45) is 52.3 Å². The fourth-order valence-electron chi connectivity index (χ4n) is 10.7. The number of fused-ring (bicyclic) bond motifs is 7. The van der Waals surface area contributed by atoms with Crippen LogP contribution in [0.4, 0.5) is 0 Å². The van der Waals surface area contributed by atoms with Gasteiger partial charge in [-0.25, -0.2) is 4.79 Å². The molecule has 1 saturated heterocycles. The molecule has 1 aliphatic heterocycles. The Labute approximate surface area is 266 Å². The summed E-state index contributed by atoms with van der Waals surface area (Å²) in [7, 11) is 1.94. The normalized spacial score (nSPS) is 38.7. The molecule has 0 aromatic carbocycles. The number of amides is 1. The fraction of sp³-hybridized carbons (Fsp3) is 0.800. The Morgan fingerprint density at radius 3 is 2.00 bits per heavy atom. The first-order chi connectivity index (χ1) is 21.4. The van der Waals surface area contributed by atoms with Crippen molar-refractivity contribution in [1.29, 1.82) is 0 Å². The first-order valence-corrected chi connectivity index (χ1v) is 17.1. The number of carbonyl (C=O) groups is 5. The third kappa shape index (κ3) is 5.18. The lowest BCUT2D eigenvalue weighted by atomic mass is 9.47. The van der Waals surface area contributed by atoms with Crippen molar-refractivity contribution in [3.63, 3.8) is 0 Å². The number of nitrogens with zero attached hydrogens (tertiary/aromatic N) is 1. The molecule has 4 fully saturated rings.